The van der Waals surface area contributed by atoms with Gasteiger partial charge in [-0.3, -0.25) is 4.79 Å². The molecule has 0 aliphatic carbocycles. The standard InChI is InChI=1S/C15H19N3OS/c1-11-4-3-5-13(8-11)18-15(19)9-16-7-6-14-10-20-12(2)17-14/h3-5,8,10,16H,6-7,9H2,1-2H3,(H,18,19). The molecule has 1 amide bonds. The summed E-state index contributed by atoms with van der Waals surface area (Å²) in [6.07, 6.45) is 0.849. The van der Waals surface area contributed by atoms with Gasteiger partial charge in [-0.05, 0) is 31.5 Å². The highest BCUT2D eigenvalue weighted by atomic mass is 32.1. The molecule has 106 valence electrons. The van der Waals surface area contributed by atoms with Crippen molar-refractivity contribution in [2.45, 2.75) is 20.3 Å². The number of benzene rings is 1. The minimum Gasteiger partial charge on any atom is -0.325 e. The normalized spacial score (nSPS) is 10.5. The number of aromatic nitrogens is 1. The third-order valence-electron chi connectivity index (χ3n) is 2.81. The fourth-order valence-electron chi connectivity index (χ4n) is 1.87. The number of carbonyl (C=O) groups is 1. The van der Waals surface area contributed by atoms with Gasteiger partial charge < -0.3 is 10.6 Å². The largest absolute Gasteiger partial charge is 0.325 e. The van der Waals surface area contributed by atoms with E-state index in [0.717, 1.165) is 34.9 Å². The predicted octanol–water partition coefficient (Wildman–Crippen LogP) is 2.53. The summed E-state index contributed by atoms with van der Waals surface area (Å²) in [4.78, 5) is 16.1. The molecule has 2 rings (SSSR count). The molecule has 20 heavy (non-hydrogen) atoms. The fourth-order valence-corrected chi connectivity index (χ4v) is 2.52. The van der Waals surface area contributed by atoms with E-state index in [0.29, 0.717) is 6.54 Å². The zero-order valence-corrected chi connectivity index (χ0v) is 12.6. The summed E-state index contributed by atoms with van der Waals surface area (Å²) in [7, 11) is 0. The van der Waals surface area contributed by atoms with E-state index < -0.39 is 0 Å². The molecule has 2 aromatic rings. The van der Waals surface area contributed by atoms with Crippen molar-refractivity contribution in [2.24, 2.45) is 0 Å². The van der Waals surface area contributed by atoms with E-state index in [1.807, 2.05) is 38.1 Å². The molecule has 5 heteroatoms. The smallest absolute Gasteiger partial charge is 0.238 e. The molecule has 1 heterocycles. The molecular formula is C15H19N3OS. The Labute approximate surface area is 123 Å². The van der Waals surface area contributed by atoms with Gasteiger partial charge in [-0.25, -0.2) is 4.98 Å². The first-order chi connectivity index (χ1) is 9.63. The van der Waals surface area contributed by atoms with Gasteiger partial charge in [-0.2, -0.15) is 0 Å². The molecule has 0 saturated heterocycles. The lowest BCUT2D eigenvalue weighted by molar-refractivity contribution is -0.115. The molecule has 2 N–H and O–H groups in total. The van der Waals surface area contributed by atoms with Crippen LogP contribution in [0.4, 0.5) is 5.69 Å². The van der Waals surface area contributed by atoms with Crippen LogP contribution in [0.3, 0.4) is 0 Å². The number of nitrogens with one attached hydrogen (secondary N) is 2. The second kappa shape index (κ2) is 7.17. The second-order valence-electron chi connectivity index (χ2n) is 4.70. The van der Waals surface area contributed by atoms with Gasteiger partial charge >= 0.3 is 0 Å². The van der Waals surface area contributed by atoms with Crippen molar-refractivity contribution >= 4 is 22.9 Å². The molecule has 0 fully saturated rings. The van der Waals surface area contributed by atoms with Crippen LogP contribution in [0.15, 0.2) is 29.6 Å². The third kappa shape index (κ3) is 4.75. The van der Waals surface area contributed by atoms with Crippen LogP contribution in [0.5, 0.6) is 0 Å². The van der Waals surface area contributed by atoms with Gasteiger partial charge in [0, 0.05) is 24.0 Å². The van der Waals surface area contributed by atoms with Crippen LogP contribution in [-0.4, -0.2) is 24.0 Å². The summed E-state index contributed by atoms with van der Waals surface area (Å²) in [6.45, 7) is 5.07. The Kier molecular flexibility index (Phi) is 5.26. The SMILES string of the molecule is Cc1cccc(NC(=O)CNCCc2csc(C)n2)c1. The van der Waals surface area contributed by atoms with Gasteiger partial charge in [0.05, 0.1) is 17.2 Å². The Bertz CT molecular complexity index is 580. The summed E-state index contributed by atoms with van der Waals surface area (Å²) in [6, 6.07) is 7.78. The number of amides is 1. The predicted molar refractivity (Wildman–Crippen MR) is 83.2 cm³/mol. The van der Waals surface area contributed by atoms with Crippen LogP contribution >= 0.6 is 11.3 Å². The maximum Gasteiger partial charge on any atom is 0.238 e. The Hall–Kier alpha value is -1.72. The van der Waals surface area contributed by atoms with Crippen LogP contribution < -0.4 is 10.6 Å². The second-order valence-corrected chi connectivity index (χ2v) is 5.76. The number of anilines is 1. The van der Waals surface area contributed by atoms with E-state index >= 15 is 0 Å². The van der Waals surface area contributed by atoms with E-state index in [1.54, 1.807) is 11.3 Å². The van der Waals surface area contributed by atoms with E-state index in [1.165, 1.54) is 0 Å². The van der Waals surface area contributed by atoms with Crippen LogP contribution in [0.25, 0.3) is 0 Å². The first kappa shape index (κ1) is 14.7. The zero-order valence-electron chi connectivity index (χ0n) is 11.8. The first-order valence-electron chi connectivity index (χ1n) is 6.62. The van der Waals surface area contributed by atoms with E-state index in [9.17, 15) is 4.79 Å². The van der Waals surface area contributed by atoms with Gasteiger partial charge in [0.25, 0.3) is 0 Å². The van der Waals surface area contributed by atoms with Crippen molar-refractivity contribution in [1.82, 2.24) is 10.3 Å². The summed E-state index contributed by atoms with van der Waals surface area (Å²) in [5.74, 6) is -0.0231. The lowest BCUT2D eigenvalue weighted by Gasteiger charge is -2.06. The maximum atomic E-state index is 11.8. The Morgan fingerprint density at radius 3 is 2.90 bits per heavy atom. The minimum absolute atomic E-state index is 0.0231. The molecule has 0 unspecified atom stereocenters. The lowest BCUT2D eigenvalue weighted by Crippen LogP contribution is -2.29. The van der Waals surface area contributed by atoms with Crippen LogP contribution in [0.2, 0.25) is 0 Å². The van der Waals surface area contributed by atoms with Gasteiger partial charge in [0.15, 0.2) is 0 Å². The maximum absolute atomic E-state index is 11.8. The van der Waals surface area contributed by atoms with Gasteiger partial charge in [0.2, 0.25) is 5.91 Å². The quantitative estimate of drug-likeness (QED) is 0.804. The first-order valence-corrected chi connectivity index (χ1v) is 7.50. The van der Waals surface area contributed by atoms with Crippen molar-refractivity contribution in [3.8, 4) is 0 Å². The summed E-state index contributed by atoms with van der Waals surface area (Å²) < 4.78 is 0. The number of hydrogen-bond acceptors (Lipinski definition) is 4. The highest BCUT2D eigenvalue weighted by Crippen LogP contribution is 2.09. The monoisotopic (exact) mass is 289 g/mol. The molecule has 0 saturated carbocycles. The Morgan fingerprint density at radius 1 is 1.35 bits per heavy atom. The molecule has 4 nitrogen and oxygen atoms in total. The van der Waals surface area contributed by atoms with Crippen molar-refractivity contribution in [1.29, 1.82) is 0 Å². The molecular weight excluding hydrogens is 270 g/mol. The molecule has 0 aliphatic rings. The van der Waals surface area contributed by atoms with Crippen molar-refractivity contribution in [3.63, 3.8) is 0 Å². The Balaban J connectivity index is 1.67. The molecule has 0 bridgehead atoms. The van der Waals surface area contributed by atoms with Crippen LogP contribution in [0.1, 0.15) is 16.3 Å². The Morgan fingerprint density at radius 2 is 2.20 bits per heavy atom. The average Bonchev–Trinajstić information content (AvgIpc) is 2.80. The highest BCUT2D eigenvalue weighted by Gasteiger charge is 2.02. The van der Waals surface area contributed by atoms with Gasteiger partial charge in [-0.15, -0.1) is 11.3 Å². The third-order valence-corrected chi connectivity index (χ3v) is 3.63. The average molecular weight is 289 g/mol. The fraction of sp³-hybridized carbons (Fsp3) is 0.333. The number of carbonyl (C=O) groups excluding carboxylic acids is 1. The topological polar surface area (TPSA) is 54.0 Å². The molecule has 1 aromatic carbocycles. The van der Waals surface area contributed by atoms with Gasteiger partial charge in [0.1, 0.15) is 0 Å². The van der Waals surface area contributed by atoms with E-state index in [2.05, 4.69) is 21.0 Å². The summed E-state index contributed by atoms with van der Waals surface area (Å²) >= 11 is 1.65. The lowest BCUT2D eigenvalue weighted by atomic mass is 10.2. The number of nitrogens with zero attached hydrogens (tertiary/aromatic N) is 1. The number of rotatable bonds is 6. The van der Waals surface area contributed by atoms with Gasteiger partial charge in [-0.1, -0.05) is 12.1 Å². The molecule has 0 radical (unpaired) electrons. The van der Waals surface area contributed by atoms with E-state index in [-0.39, 0.29) is 5.91 Å². The molecule has 0 spiro atoms. The number of hydrogen-bond donors (Lipinski definition) is 2. The van der Waals surface area contributed by atoms with Crippen LogP contribution in [-0.2, 0) is 11.2 Å². The van der Waals surface area contributed by atoms with E-state index in [4.69, 9.17) is 0 Å². The molecule has 0 aliphatic heterocycles. The summed E-state index contributed by atoms with van der Waals surface area (Å²) in [5, 5.41) is 9.14. The van der Waals surface area contributed by atoms with Crippen molar-refractivity contribution in [2.75, 3.05) is 18.4 Å². The summed E-state index contributed by atoms with van der Waals surface area (Å²) in [5.41, 5.74) is 3.06. The zero-order chi connectivity index (χ0) is 14.4. The molecule has 0 atom stereocenters. The molecule has 1 aromatic heterocycles. The number of thiazole rings is 1. The number of aryl methyl sites for hydroxylation is 2. The van der Waals surface area contributed by atoms with Crippen molar-refractivity contribution in [3.05, 3.63) is 45.9 Å². The minimum atomic E-state index is -0.0231. The van der Waals surface area contributed by atoms with Crippen LogP contribution in [0, 0.1) is 13.8 Å². The van der Waals surface area contributed by atoms with Crippen molar-refractivity contribution < 1.29 is 4.79 Å². The highest BCUT2D eigenvalue weighted by molar-refractivity contribution is 7.09.